The van der Waals surface area contributed by atoms with Crippen LogP contribution in [0.5, 0.6) is 5.75 Å². The number of ether oxygens (including phenoxy) is 1. The number of hydrogen-bond donors (Lipinski definition) is 2. The minimum Gasteiger partial charge on any atom is -0.484 e. The Hall–Kier alpha value is -3.11. The van der Waals surface area contributed by atoms with Crippen LogP contribution in [-0.2, 0) is 19.6 Å². The van der Waals surface area contributed by atoms with Gasteiger partial charge in [-0.2, -0.15) is 5.10 Å². The van der Waals surface area contributed by atoms with Gasteiger partial charge in [0.15, 0.2) is 6.61 Å². The van der Waals surface area contributed by atoms with Gasteiger partial charge in [0.05, 0.1) is 18.2 Å². The number of carbonyl (C=O) groups is 2. The van der Waals surface area contributed by atoms with Gasteiger partial charge >= 0.3 is 0 Å². The van der Waals surface area contributed by atoms with E-state index < -0.39 is 22.5 Å². The molecule has 0 aliphatic rings. The van der Waals surface area contributed by atoms with Crippen molar-refractivity contribution in [3.63, 3.8) is 0 Å². The third-order valence-electron chi connectivity index (χ3n) is 4.23. The zero-order valence-electron chi connectivity index (χ0n) is 18.8. The number of rotatable bonds is 10. The Labute approximate surface area is 198 Å². The highest BCUT2D eigenvalue weighted by Crippen LogP contribution is 2.24. The first-order valence-electron chi connectivity index (χ1n) is 10.0. The third-order valence-corrected chi connectivity index (χ3v) is 5.78. The maximum atomic E-state index is 12.3. The van der Waals surface area contributed by atoms with Crippen molar-refractivity contribution in [2.45, 2.75) is 26.8 Å². The minimum absolute atomic E-state index is 0.0362. The predicted octanol–water partition coefficient (Wildman–Crippen LogP) is 2.47. The first-order valence-corrected chi connectivity index (χ1v) is 12.3. The average molecular weight is 495 g/mol. The summed E-state index contributed by atoms with van der Waals surface area (Å²) in [5.74, 6) is -0.325. The number of hydrazone groups is 1. The average Bonchev–Trinajstić information content (AvgIpc) is 2.72. The molecule has 0 radical (unpaired) electrons. The van der Waals surface area contributed by atoms with Crippen LogP contribution in [0.2, 0.25) is 5.02 Å². The lowest BCUT2D eigenvalue weighted by Crippen LogP contribution is -2.39. The summed E-state index contributed by atoms with van der Waals surface area (Å²) in [5.41, 5.74) is 4.05. The summed E-state index contributed by atoms with van der Waals surface area (Å²) in [4.78, 5) is 23.9. The number of benzene rings is 2. The molecule has 2 N–H and O–H groups in total. The fourth-order valence-electron chi connectivity index (χ4n) is 2.64. The largest absolute Gasteiger partial charge is 0.484 e. The van der Waals surface area contributed by atoms with Crippen molar-refractivity contribution in [1.29, 1.82) is 0 Å². The molecule has 0 unspecified atom stereocenters. The summed E-state index contributed by atoms with van der Waals surface area (Å²) >= 11 is 6.09. The van der Waals surface area contributed by atoms with Crippen molar-refractivity contribution in [2.24, 2.45) is 5.10 Å². The fraction of sp³-hybridized carbons (Fsp3) is 0.318. The smallest absolute Gasteiger partial charge is 0.260 e. The quantitative estimate of drug-likeness (QED) is 0.388. The molecule has 0 saturated heterocycles. The molecule has 0 fully saturated rings. The van der Waals surface area contributed by atoms with Crippen molar-refractivity contribution < 1.29 is 22.7 Å². The zero-order chi connectivity index (χ0) is 24.6. The van der Waals surface area contributed by atoms with Crippen molar-refractivity contribution in [1.82, 2.24) is 10.7 Å². The molecule has 0 bridgehead atoms. The lowest BCUT2D eigenvalue weighted by atomic mass is 10.2. The Bertz CT molecular complexity index is 1120. The molecule has 11 heteroatoms. The summed E-state index contributed by atoms with van der Waals surface area (Å²) in [7, 11) is -3.72. The number of nitrogens with one attached hydrogen (secondary N) is 2. The van der Waals surface area contributed by atoms with E-state index in [-0.39, 0.29) is 24.2 Å². The second-order valence-electron chi connectivity index (χ2n) is 7.58. The molecular weight excluding hydrogens is 468 g/mol. The number of hydrogen-bond acceptors (Lipinski definition) is 6. The topological polar surface area (TPSA) is 117 Å². The van der Waals surface area contributed by atoms with Gasteiger partial charge in [0.1, 0.15) is 12.3 Å². The Morgan fingerprint density at radius 3 is 2.39 bits per heavy atom. The highest BCUT2D eigenvalue weighted by Gasteiger charge is 2.21. The van der Waals surface area contributed by atoms with Crippen molar-refractivity contribution in [2.75, 3.05) is 23.7 Å². The number of anilines is 1. The van der Waals surface area contributed by atoms with Gasteiger partial charge in [-0.3, -0.25) is 13.9 Å². The molecule has 0 aliphatic heterocycles. The van der Waals surface area contributed by atoms with Crippen molar-refractivity contribution in [3.8, 4) is 5.75 Å². The van der Waals surface area contributed by atoms with E-state index in [9.17, 15) is 18.0 Å². The number of sulfonamides is 1. The highest BCUT2D eigenvalue weighted by atomic mass is 35.5. The van der Waals surface area contributed by atoms with Crippen molar-refractivity contribution >= 4 is 45.3 Å². The normalized spacial score (nSPS) is 11.5. The Morgan fingerprint density at radius 1 is 1.15 bits per heavy atom. The van der Waals surface area contributed by atoms with E-state index in [4.69, 9.17) is 16.3 Å². The Morgan fingerprint density at radius 2 is 1.82 bits per heavy atom. The molecular formula is C22H27ClN4O5S. The second kappa shape index (κ2) is 11.7. The lowest BCUT2D eigenvalue weighted by Gasteiger charge is -2.21. The van der Waals surface area contributed by atoms with E-state index in [1.165, 1.54) is 12.3 Å². The monoisotopic (exact) mass is 494 g/mol. The SMILES string of the molecule is Cc1ccc(N(CC(=O)N/N=C\c2ccc(OCC(=O)NC(C)C)cc2)S(C)(=O)=O)cc1Cl. The molecule has 2 aromatic rings. The first kappa shape index (κ1) is 26.1. The van der Waals surface area contributed by atoms with Gasteiger partial charge in [0.25, 0.3) is 11.8 Å². The summed E-state index contributed by atoms with van der Waals surface area (Å²) in [6.07, 6.45) is 2.41. The molecule has 2 rings (SSSR count). The predicted molar refractivity (Wildman–Crippen MR) is 129 cm³/mol. The van der Waals surface area contributed by atoms with Gasteiger partial charge in [0.2, 0.25) is 10.0 Å². The van der Waals surface area contributed by atoms with E-state index in [2.05, 4.69) is 15.8 Å². The van der Waals surface area contributed by atoms with Crippen LogP contribution in [0.1, 0.15) is 25.0 Å². The van der Waals surface area contributed by atoms with Crippen LogP contribution >= 0.6 is 11.6 Å². The third kappa shape index (κ3) is 8.74. The van der Waals surface area contributed by atoms with Crippen LogP contribution < -0.4 is 19.8 Å². The van der Waals surface area contributed by atoms with E-state index in [1.54, 1.807) is 43.3 Å². The lowest BCUT2D eigenvalue weighted by molar-refractivity contribution is -0.123. The van der Waals surface area contributed by atoms with E-state index in [0.717, 1.165) is 16.1 Å². The number of nitrogens with zero attached hydrogens (tertiary/aromatic N) is 2. The maximum Gasteiger partial charge on any atom is 0.260 e. The van der Waals surface area contributed by atoms with Crippen LogP contribution in [0.25, 0.3) is 0 Å². The first-order chi connectivity index (χ1) is 15.5. The Balaban J connectivity index is 1.93. The summed E-state index contributed by atoms with van der Waals surface area (Å²) in [6, 6.07) is 11.5. The Kier molecular flexibility index (Phi) is 9.24. The van der Waals surface area contributed by atoms with Gasteiger partial charge in [-0.1, -0.05) is 17.7 Å². The molecule has 0 spiro atoms. The van der Waals surface area contributed by atoms with Crippen LogP contribution in [0, 0.1) is 6.92 Å². The van der Waals surface area contributed by atoms with Gasteiger partial charge in [-0.15, -0.1) is 0 Å². The van der Waals surface area contributed by atoms with Gasteiger partial charge in [0, 0.05) is 11.1 Å². The molecule has 0 atom stereocenters. The standard InChI is InChI=1S/C22H27ClN4O5S/c1-15(2)25-22(29)14-32-19-9-6-17(7-10-19)12-24-26-21(28)13-27(33(4,30)31)18-8-5-16(3)20(23)11-18/h5-12,15H,13-14H2,1-4H3,(H,25,29)(H,26,28)/b24-12-. The molecule has 0 saturated carbocycles. The maximum absolute atomic E-state index is 12.3. The van der Waals surface area contributed by atoms with Crippen LogP contribution in [0.4, 0.5) is 5.69 Å². The van der Waals surface area contributed by atoms with Crippen LogP contribution in [0.15, 0.2) is 47.6 Å². The molecule has 0 aromatic heterocycles. The van der Waals surface area contributed by atoms with Gasteiger partial charge in [-0.25, -0.2) is 13.8 Å². The molecule has 178 valence electrons. The molecule has 2 amide bonds. The molecule has 2 aromatic carbocycles. The molecule has 33 heavy (non-hydrogen) atoms. The van der Waals surface area contributed by atoms with E-state index in [0.29, 0.717) is 16.3 Å². The second-order valence-corrected chi connectivity index (χ2v) is 9.89. The summed E-state index contributed by atoms with van der Waals surface area (Å²) in [5, 5.41) is 6.99. The number of halogens is 1. The highest BCUT2D eigenvalue weighted by molar-refractivity contribution is 7.92. The fourth-order valence-corrected chi connectivity index (χ4v) is 3.67. The number of amides is 2. The summed E-state index contributed by atoms with van der Waals surface area (Å²) in [6.45, 7) is 4.97. The van der Waals surface area contributed by atoms with Crippen LogP contribution in [-0.4, -0.2) is 51.9 Å². The number of aryl methyl sites for hydroxylation is 1. The molecule has 0 aliphatic carbocycles. The number of carbonyl (C=O) groups excluding carboxylic acids is 2. The molecule has 9 nitrogen and oxygen atoms in total. The van der Waals surface area contributed by atoms with Gasteiger partial charge < -0.3 is 10.1 Å². The summed E-state index contributed by atoms with van der Waals surface area (Å²) < 4.78 is 30.7. The minimum atomic E-state index is -3.72. The molecule has 0 heterocycles. The van der Waals surface area contributed by atoms with Crippen molar-refractivity contribution in [3.05, 3.63) is 58.6 Å². The van der Waals surface area contributed by atoms with E-state index in [1.807, 2.05) is 13.8 Å². The zero-order valence-corrected chi connectivity index (χ0v) is 20.4. The van der Waals surface area contributed by atoms with Gasteiger partial charge in [-0.05, 0) is 68.3 Å². The van der Waals surface area contributed by atoms with E-state index >= 15 is 0 Å². The van der Waals surface area contributed by atoms with Crippen LogP contribution in [0.3, 0.4) is 0 Å².